The van der Waals surface area contributed by atoms with Gasteiger partial charge in [-0.25, -0.2) is 9.69 Å². The molecule has 0 atom stereocenters. The van der Waals surface area contributed by atoms with Gasteiger partial charge >= 0.3 is 6.03 Å². The number of nitrogens with zero attached hydrogens (tertiary/aromatic N) is 1. The van der Waals surface area contributed by atoms with Crippen molar-refractivity contribution in [1.29, 1.82) is 0 Å². The molecule has 1 fully saturated rings. The third-order valence-corrected chi connectivity index (χ3v) is 5.04. The number of ether oxygens (including phenoxy) is 2. The van der Waals surface area contributed by atoms with Gasteiger partial charge in [0.05, 0.1) is 18.5 Å². The minimum atomic E-state index is -0.818. The summed E-state index contributed by atoms with van der Waals surface area (Å²) in [5.74, 6) is -1.05. The highest BCUT2D eigenvalue weighted by molar-refractivity contribution is 6.39. The smallest absolute Gasteiger partial charge is 0.335 e. The van der Waals surface area contributed by atoms with Crippen molar-refractivity contribution in [3.8, 4) is 11.5 Å². The van der Waals surface area contributed by atoms with Crippen molar-refractivity contribution in [2.75, 3.05) is 23.9 Å². The van der Waals surface area contributed by atoms with Gasteiger partial charge in [0.2, 0.25) is 0 Å². The van der Waals surface area contributed by atoms with Crippen LogP contribution in [-0.4, -0.2) is 37.5 Å². The highest BCUT2D eigenvalue weighted by Crippen LogP contribution is 2.24. The fourth-order valence-electron chi connectivity index (χ4n) is 3.41. The van der Waals surface area contributed by atoms with E-state index in [1.165, 1.54) is 13.2 Å². The highest BCUT2D eigenvalue weighted by atomic mass is 16.5. The topological polar surface area (TPSA) is 114 Å². The first-order valence-corrected chi connectivity index (χ1v) is 10.6. The largest absolute Gasteiger partial charge is 0.495 e. The third kappa shape index (κ3) is 5.36. The molecular formula is C26H21N3O6. The minimum Gasteiger partial charge on any atom is -0.495 e. The number of amides is 5. The maximum absolute atomic E-state index is 13.0. The molecule has 1 aliphatic heterocycles. The lowest BCUT2D eigenvalue weighted by molar-refractivity contribution is -0.122. The molecule has 9 heteroatoms. The average molecular weight is 471 g/mol. The predicted molar refractivity (Wildman–Crippen MR) is 129 cm³/mol. The summed E-state index contributed by atoms with van der Waals surface area (Å²) >= 11 is 0. The molecule has 3 aromatic carbocycles. The van der Waals surface area contributed by atoms with Gasteiger partial charge in [-0.05, 0) is 48.0 Å². The fraction of sp³-hybridized carbons (Fsp3) is 0.0769. The Hall–Kier alpha value is -4.92. The lowest BCUT2D eigenvalue weighted by atomic mass is 10.1. The molecule has 0 bridgehead atoms. The van der Waals surface area contributed by atoms with Crippen LogP contribution in [0.4, 0.5) is 16.2 Å². The molecule has 9 nitrogen and oxygen atoms in total. The van der Waals surface area contributed by atoms with Crippen LogP contribution in [0.15, 0.2) is 84.4 Å². The molecule has 0 unspecified atom stereocenters. The van der Waals surface area contributed by atoms with Crippen LogP contribution in [-0.2, 0) is 14.4 Å². The molecule has 0 aliphatic carbocycles. The molecule has 5 amide bonds. The Morgan fingerprint density at radius 1 is 0.971 bits per heavy atom. The summed E-state index contributed by atoms with van der Waals surface area (Å²) in [5.41, 5.74) is 1.13. The molecule has 1 heterocycles. The summed E-state index contributed by atoms with van der Waals surface area (Å²) in [6.45, 7) is -0.270. The Labute approximate surface area is 201 Å². The van der Waals surface area contributed by atoms with E-state index in [0.717, 1.165) is 4.90 Å². The van der Waals surface area contributed by atoms with Crippen molar-refractivity contribution in [3.63, 3.8) is 0 Å². The van der Waals surface area contributed by atoms with Crippen molar-refractivity contribution >= 4 is 41.2 Å². The van der Waals surface area contributed by atoms with Gasteiger partial charge in [-0.15, -0.1) is 0 Å². The SMILES string of the molecule is COc1ccccc1NC(=O)COc1cccc(/C=C2/C(=O)NC(=O)N(c3ccccc3)C2=O)c1. The molecule has 1 saturated heterocycles. The molecule has 0 aromatic heterocycles. The van der Waals surface area contributed by atoms with Crippen molar-refractivity contribution in [2.45, 2.75) is 0 Å². The van der Waals surface area contributed by atoms with Crippen LogP contribution in [0.25, 0.3) is 6.08 Å². The van der Waals surface area contributed by atoms with Gasteiger partial charge in [-0.2, -0.15) is 0 Å². The Balaban J connectivity index is 1.47. The van der Waals surface area contributed by atoms with E-state index in [1.54, 1.807) is 78.9 Å². The number of benzene rings is 3. The first-order chi connectivity index (χ1) is 17.0. The van der Waals surface area contributed by atoms with E-state index in [2.05, 4.69) is 10.6 Å². The zero-order valence-corrected chi connectivity index (χ0v) is 18.7. The highest BCUT2D eigenvalue weighted by Gasteiger charge is 2.36. The van der Waals surface area contributed by atoms with E-state index < -0.39 is 23.8 Å². The van der Waals surface area contributed by atoms with Crippen molar-refractivity contribution in [3.05, 3.63) is 90.0 Å². The number of hydrogen-bond acceptors (Lipinski definition) is 6. The monoisotopic (exact) mass is 471 g/mol. The molecule has 0 radical (unpaired) electrons. The predicted octanol–water partition coefficient (Wildman–Crippen LogP) is 3.38. The van der Waals surface area contributed by atoms with Crippen LogP contribution in [0, 0.1) is 0 Å². The van der Waals surface area contributed by atoms with Gasteiger partial charge in [0.15, 0.2) is 6.61 Å². The molecule has 2 N–H and O–H groups in total. The maximum atomic E-state index is 13.0. The van der Waals surface area contributed by atoms with Crippen molar-refractivity contribution < 1.29 is 28.7 Å². The maximum Gasteiger partial charge on any atom is 0.335 e. The van der Waals surface area contributed by atoms with Gasteiger partial charge < -0.3 is 14.8 Å². The molecule has 0 saturated carbocycles. The zero-order valence-electron chi connectivity index (χ0n) is 18.7. The van der Waals surface area contributed by atoms with E-state index in [4.69, 9.17) is 9.47 Å². The van der Waals surface area contributed by atoms with Crippen LogP contribution in [0.1, 0.15) is 5.56 Å². The zero-order chi connectivity index (χ0) is 24.8. The Morgan fingerprint density at radius 3 is 2.49 bits per heavy atom. The van der Waals surface area contributed by atoms with Gasteiger partial charge in [0.25, 0.3) is 17.7 Å². The molecule has 35 heavy (non-hydrogen) atoms. The second kappa shape index (κ2) is 10.3. The van der Waals surface area contributed by atoms with Gasteiger partial charge in [-0.1, -0.05) is 42.5 Å². The second-order valence-corrected chi connectivity index (χ2v) is 7.40. The molecule has 176 valence electrons. The number of hydrogen-bond donors (Lipinski definition) is 2. The Bertz CT molecular complexity index is 1320. The number of rotatable bonds is 7. The third-order valence-electron chi connectivity index (χ3n) is 5.04. The van der Waals surface area contributed by atoms with E-state index >= 15 is 0 Å². The van der Waals surface area contributed by atoms with Gasteiger partial charge in [0, 0.05) is 0 Å². The summed E-state index contributed by atoms with van der Waals surface area (Å²) in [5, 5.41) is 4.89. The van der Waals surface area contributed by atoms with Crippen LogP contribution < -0.4 is 25.0 Å². The number of urea groups is 1. The number of barbiturate groups is 1. The fourth-order valence-corrected chi connectivity index (χ4v) is 3.41. The summed E-state index contributed by atoms with van der Waals surface area (Å²) in [6.07, 6.45) is 1.36. The number of carbonyl (C=O) groups is 4. The lowest BCUT2D eigenvalue weighted by Crippen LogP contribution is -2.54. The van der Waals surface area contributed by atoms with E-state index in [0.29, 0.717) is 28.4 Å². The van der Waals surface area contributed by atoms with Crippen LogP contribution in [0.5, 0.6) is 11.5 Å². The van der Waals surface area contributed by atoms with E-state index in [-0.39, 0.29) is 12.2 Å². The van der Waals surface area contributed by atoms with Crippen LogP contribution in [0.3, 0.4) is 0 Å². The number of methoxy groups -OCH3 is 1. The van der Waals surface area contributed by atoms with Crippen LogP contribution in [0.2, 0.25) is 0 Å². The second-order valence-electron chi connectivity index (χ2n) is 7.40. The molecule has 4 rings (SSSR count). The van der Waals surface area contributed by atoms with Crippen LogP contribution >= 0.6 is 0 Å². The standard InChI is InChI=1S/C26H21N3O6/c1-34-22-13-6-5-12-21(22)27-23(30)16-35-19-11-7-8-17(14-19)15-20-24(31)28-26(33)29(25(20)32)18-9-3-2-4-10-18/h2-15H,16H2,1H3,(H,27,30)(H,28,31,33)/b20-15-. The first kappa shape index (κ1) is 23.2. The van der Waals surface area contributed by atoms with Crippen molar-refractivity contribution in [1.82, 2.24) is 5.32 Å². The summed E-state index contributed by atoms with van der Waals surface area (Å²) in [6, 6.07) is 21.0. The first-order valence-electron chi connectivity index (χ1n) is 10.6. The molecule has 0 spiro atoms. The quantitative estimate of drug-likeness (QED) is 0.403. The van der Waals surface area contributed by atoms with E-state index in [9.17, 15) is 19.2 Å². The van der Waals surface area contributed by atoms with Gasteiger partial charge in [-0.3, -0.25) is 19.7 Å². The molecular weight excluding hydrogens is 450 g/mol. The Morgan fingerprint density at radius 2 is 1.71 bits per heavy atom. The summed E-state index contributed by atoms with van der Waals surface area (Å²) < 4.78 is 10.8. The van der Waals surface area contributed by atoms with Crippen molar-refractivity contribution in [2.24, 2.45) is 0 Å². The van der Waals surface area contributed by atoms with Gasteiger partial charge in [0.1, 0.15) is 17.1 Å². The molecule has 1 aliphatic rings. The number of para-hydroxylation sites is 3. The molecule has 3 aromatic rings. The number of nitrogens with one attached hydrogen (secondary N) is 2. The summed E-state index contributed by atoms with van der Waals surface area (Å²) in [7, 11) is 1.51. The lowest BCUT2D eigenvalue weighted by Gasteiger charge is -2.26. The van der Waals surface area contributed by atoms with E-state index in [1.807, 2.05) is 0 Å². The number of imide groups is 2. The summed E-state index contributed by atoms with van der Waals surface area (Å²) in [4.78, 5) is 50.8. The Kier molecular flexibility index (Phi) is 6.87. The normalized spacial score (nSPS) is 14.5. The average Bonchev–Trinajstić information content (AvgIpc) is 2.86. The number of carbonyl (C=O) groups excluding carboxylic acids is 4. The number of anilines is 2. The minimum absolute atomic E-state index is 0.209.